The fraction of sp³-hybridized carbons (Fsp3) is 0.500. The standard InChI is InChI=1S/C12H18O2/c1-3-13-8-9-14-10-12-6-4-11(2)5-7-12/h4-7H,3,8-10H2,1-2H3. The van der Waals surface area contributed by atoms with Gasteiger partial charge >= 0.3 is 0 Å². The van der Waals surface area contributed by atoms with E-state index in [1.165, 1.54) is 11.1 Å². The first kappa shape index (κ1) is 11.2. The topological polar surface area (TPSA) is 18.5 Å². The van der Waals surface area contributed by atoms with Crippen molar-refractivity contribution in [1.82, 2.24) is 0 Å². The van der Waals surface area contributed by atoms with Crippen LogP contribution in [0, 0.1) is 6.92 Å². The predicted octanol–water partition coefficient (Wildman–Crippen LogP) is 2.55. The average Bonchev–Trinajstić information content (AvgIpc) is 2.21. The van der Waals surface area contributed by atoms with Gasteiger partial charge in [-0.25, -0.2) is 0 Å². The quantitative estimate of drug-likeness (QED) is 0.648. The number of rotatable bonds is 6. The van der Waals surface area contributed by atoms with E-state index in [4.69, 9.17) is 9.47 Å². The lowest BCUT2D eigenvalue weighted by Crippen LogP contribution is -2.03. The van der Waals surface area contributed by atoms with Crippen molar-refractivity contribution in [3.8, 4) is 0 Å². The van der Waals surface area contributed by atoms with E-state index in [0.717, 1.165) is 6.61 Å². The summed E-state index contributed by atoms with van der Waals surface area (Å²) in [5, 5.41) is 0. The zero-order valence-electron chi connectivity index (χ0n) is 8.95. The normalized spacial score (nSPS) is 10.4. The molecule has 1 aromatic rings. The monoisotopic (exact) mass is 194 g/mol. The van der Waals surface area contributed by atoms with E-state index in [1.54, 1.807) is 0 Å². The molecule has 0 amide bonds. The second-order valence-corrected chi connectivity index (χ2v) is 3.24. The Morgan fingerprint density at radius 1 is 1.00 bits per heavy atom. The summed E-state index contributed by atoms with van der Waals surface area (Å²) in [7, 11) is 0. The third kappa shape index (κ3) is 4.40. The van der Waals surface area contributed by atoms with Crippen LogP contribution in [0.5, 0.6) is 0 Å². The molecule has 0 aliphatic heterocycles. The van der Waals surface area contributed by atoms with Gasteiger partial charge in [0.1, 0.15) is 0 Å². The van der Waals surface area contributed by atoms with Gasteiger partial charge in [-0.1, -0.05) is 29.8 Å². The minimum Gasteiger partial charge on any atom is -0.379 e. The van der Waals surface area contributed by atoms with Crippen LogP contribution < -0.4 is 0 Å². The Bertz CT molecular complexity index is 241. The molecule has 1 rings (SSSR count). The smallest absolute Gasteiger partial charge is 0.0718 e. The van der Waals surface area contributed by atoms with Crippen molar-refractivity contribution in [3.05, 3.63) is 35.4 Å². The summed E-state index contributed by atoms with van der Waals surface area (Å²) in [5.41, 5.74) is 2.50. The molecule has 2 heteroatoms. The molecule has 0 unspecified atom stereocenters. The fourth-order valence-corrected chi connectivity index (χ4v) is 1.14. The number of benzene rings is 1. The lowest BCUT2D eigenvalue weighted by atomic mass is 10.2. The summed E-state index contributed by atoms with van der Waals surface area (Å²) in [6.45, 7) is 6.85. The lowest BCUT2D eigenvalue weighted by Gasteiger charge is -2.04. The van der Waals surface area contributed by atoms with Crippen molar-refractivity contribution in [2.24, 2.45) is 0 Å². The number of hydrogen-bond donors (Lipinski definition) is 0. The molecule has 1 aromatic carbocycles. The second kappa shape index (κ2) is 6.57. The molecule has 14 heavy (non-hydrogen) atoms. The van der Waals surface area contributed by atoms with Crippen LogP contribution in [-0.4, -0.2) is 19.8 Å². The molecule has 78 valence electrons. The van der Waals surface area contributed by atoms with E-state index < -0.39 is 0 Å². The van der Waals surface area contributed by atoms with Crippen molar-refractivity contribution in [2.45, 2.75) is 20.5 Å². The third-order valence-corrected chi connectivity index (χ3v) is 1.97. The van der Waals surface area contributed by atoms with Gasteiger partial charge in [-0.2, -0.15) is 0 Å². The Labute approximate surface area is 85.8 Å². The third-order valence-electron chi connectivity index (χ3n) is 1.97. The van der Waals surface area contributed by atoms with Gasteiger partial charge in [0.25, 0.3) is 0 Å². The van der Waals surface area contributed by atoms with Gasteiger partial charge in [0.15, 0.2) is 0 Å². The van der Waals surface area contributed by atoms with Crippen molar-refractivity contribution >= 4 is 0 Å². The minimum absolute atomic E-state index is 0.668. The molecule has 0 heterocycles. The Kier molecular flexibility index (Phi) is 5.27. The summed E-state index contributed by atoms with van der Waals surface area (Å²) < 4.78 is 10.6. The highest BCUT2D eigenvalue weighted by atomic mass is 16.5. The molecule has 0 fully saturated rings. The molecule has 0 aliphatic rings. The molecule has 0 saturated carbocycles. The lowest BCUT2D eigenvalue weighted by molar-refractivity contribution is 0.0453. The van der Waals surface area contributed by atoms with Crippen LogP contribution in [-0.2, 0) is 16.1 Å². The molecular weight excluding hydrogens is 176 g/mol. The maximum atomic E-state index is 5.44. The Morgan fingerprint density at radius 2 is 1.64 bits per heavy atom. The van der Waals surface area contributed by atoms with E-state index in [-0.39, 0.29) is 0 Å². The first-order chi connectivity index (χ1) is 6.83. The van der Waals surface area contributed by atoms with Crippen LogP contribution in [0.15, 0.2) is 24.3 Å². The molecule has 0 aliphatic carbocycles. The summed E-state index contributed by atoms with van der Waals surface area (Å²) in [6.07, 6.45) is 0. The van der Waals surface area contributed by atoms with Crippen molar-refractivity contribution < 1.29 is 9.47 Å². The summed E-state index contributed by atoms with van der Waals surface area (Å²) in [5.74, 6) is 0. The zero-order valence-corrected chi connectivity index (χ0v) is 8.95. The zero-order chi connectivity index (χ0) is 10.2. The molecule has 0 atom stereocenters. The van der Waals surface area contributed by atoms with Crippen LogP contribution >= 0.6 is 0 Å². The van der Waals surface area contributed by atoms with Crippen LogP contribution in [0.2, 0.25) is 0 Å². The molecule has 0 spiro atoms. The molecule has 0 N–H and O–H groups in total. The van der Waals surface area contributed by atoms with Crippen LogP contribution in [0.25, 0.3) is 0 Å². The molecule has 2 nitrogen and oxygen atoms in total. The fourth-order valence-electron chi connectivity index (χ4n) is 1.14. The summed E-state index contributed by atoms with van der Waals surface area (Å²) >= 11 is 0. The maximum absolute atomic E-state index is 5.44. The van der Waals surface area contributed by atoms with Gasteiger partial charge < -0.3 is 9.47 Å². The predicted molar refractivity (Wildman–Crippen MR) is 57.3 cm³/mol. The van der Waals surface area contributed by atoms with Gasteiger partial charge in [-0.15, -0.1) is 0 Å². The van der Waals surface area contributed by atoms with E-state index in [0.29, 0.717) is 19.8 Å². The Hall–Kier alpha value is -0.860. The second-order valence-electron chi connectivity index (χ2n) is 3.24. The highest BCUT2D eigenvalue weighted by Gasteiger charge is 1.92. The van der Waals surface area contributed by atoms with Gasteiger partial charge in [-0.05, 0) is 19.4 Å². The van der Waals surface area contributed by atoms with E-state index >= 15 is 0 Å². The van der Waals surface area contributed by atoms with Crippen LogP contribution in [0.3, 0.4) is 0 Å². The van der Waals surface area contributed by atoms with E-state index in [1.807, 2.05) is 6.92 Å². The molecule has 0 radical (unpaired) electrons. The highest BCUT2D eigenvalue weighted by Crippen LogP contribution is 2.04. The first-order valence-electron chi connectivity index (χ1n) is 5.04. The van der Waals surface area contributed by atoms with Crippen LogP contribution in [0.4, 0.5) is 0 Å². The first-order valence-corrected chi connectivity index (χ1v) is 5.04. The van der Waals surface area contributed by atoms with Crippen molar-refractivity contribution in [1.29, 1.82) is 0 Å². The van der Waals surface area contributed by atoms with Crippen molar-refractivity contribution in [3.63, 3.8) is 0 Å². The maximum Gasteiger partial charge on any atom is 0.0718 e. The van der Waals surface area contributed by atoms with Gasteiger partial charge in [-0.3, -0.25) is 0 Å². The highest BCUT2D eigenvalue weighted by molar-refractivity contribution is 5.20. The van der Waals surface area contributed by atoms with Gasteiger partial charge in [0, 0.05) is 6.61 Å². The summed E-state index contributed by atoms with van der Waals surface area (Å²) in [6, 6.07) is 8.38. The largest absolute Gasteiger partial charge is 0.379 e. The number of hydrogen-bond acceptors (Lipinski definition) is 2. The van der Waals surface area contributed by atoms with Crippen LogP contribution in [0.1, 0.15) is 18.1 Å². The average molecular weight is 194 g/mol. The SMILES string of the molecule is CCOCCOCc1ccc(C)cc1. The molecule has 0 saturated heterocycles. The Morgan fingerprint density at radius 3 is 2.29 bits per heavy atom. The van der Waals surface area contributed by atoms with Gasteiger partial charge in [0.2, 0.25) is 0 Å². The molecule has 0 bridgehead atoms. The van der Waals surface area contributed by atoms with Crippen molar-refractivity contribution in [2.75, 3.05) is 19.8 Å². The molecular formula is C12H18O2. The Balaban J connectivity index is 2.15. The van der Waals surface area contributed by atoms with Gasteiger partial charge in [0.05, 0.1) is 19.8 Å². The number of aryl methyl sites for hydroxylation is 1. The molecule has 0 aromatic heterocycles. The number of ether oxygens (including phenoxy) is 2. The van der Waals surface area contributed by atoms with E-state index in [2.05, 4.69) is 31.2 Å². The van der Waals surface area contributed by atoms with E-state index in [9.17, 15) is 0 Å². The minimum atomic E-state index is 0.668. The summed E-state index contributed by atoms with van der Waals surface area (Å²) in [4.78, 5) is 0.